The largest absolute Gasteiger partial charge is 0.491 e. The molecule has 0 aliphatic carbocycles. The molecule has 0 saturated carbocycles. The second kappa shape index (κ2) is 6.10. The topological polar surface area (TPSA) is 34.1 Å². The van der Waals surface area contributed by atoms with E-state index in [1.54, 1.807) is 0 Å². The number of aromatic nitrogens is 1. The number of nitrogens with zero attached hydrogens (tertiary/aromatic N) is 1. The predicted molar refractivity (Wildman–Crippen MR) is 85.3 cm³/mol. The summed E-state index contributed by atoms with van der Waals surface area (Å²) in [7, 11) is 0. The number of nitrogens with one attached hydrogen (secondary N) is 1. The lowest BCUT2D eigenvalue weighted by Crippen LogP contribution is -2.28. The predicted octanol–water partition coefficient (Wildman–Crippen LogP) is 3.69. The third-order valence-electron chi connectivity index (χ3n) is 3.83. The van der Waals surface area contributed by atoms with E-state index in [2.05, 4.69) is 39.2 Å². The Kier molecular flexibility index (Phi) is 4.22. The van der Waals surface area contributed by atoms with E-state index >= 15 is 0 Å². The van der Waals surface area contributed by atoms with Crippen LogP contribution in [0.15, 0.2) is 28.9 Å². The maximum absolute atomic E-state index is 6.16. The molecule has 1 aromatic heterocycles. The summed E-state index contributed by atoms with van der Waals surface area (Å²) in [5.74, 6) is 0.993. The first-order valence-corrected chi connectivity index (χ1v) is 8.00. The van der Waals surface area contributed by atoms with Crippen LogP contribution in [0, 0.1) is 0 Å². The zero-order valence-electron chi connectivity index (χ0n) is 11.7. The van der Waals surface area contributed by atoms with E-state index in [1.165, 1.54) is 18.4 Å². The van der Waals surface area contributed by atoms with E-state index in [9.17, 15) is 0 Å². The molecule has 3 rings (SSSR count). The fourth-order valence-corrected chi connectivity index (χ4v) is 3.05. The minimum Gasteiger partial charge on any atom is -0.491 e. The van der Waals surface area contributed by atoms with E-state index in [1.807, 2.05) is 18.3 Å². The van der Waals surface area contributed by atoms with Crippen LogP contribution >= 0.6 is 15.9 Å². The number of aryl methyl sites for hydroxylation is 1. The molecule has 2 heterocycles. The average Bonchev–Trinajstić information content (AvgIpc) is 2.97. The molecule has 0 spiro atoms. The zero-order valence-corrected chi connectivity index (χ0v) is 13.2. The van der Waals surface area contributed by atoms with Crippen LogP contribution in [0.1, 0.15) is 25.3 Å². The normalized spacial score (nSPS) is 18.6. The first-order valence-electron chi connectivity index (χ1n) is 7.21. The van der Waals surface area contributed by atoms with Crippen LogP contribution in [-0.2, 0) is 6.42 Å². The maximum Gasteiger partial charge on any atom is 0.133 e. The molecule has 1 unspecified atom stereocenters. The fraction of sp³-hybridized carbons (Fsp3) is 0.438. The molecule has 0 bridgehead atoms. The van der Waals surface area contributed by atoms with Crippen molar-refractivity contribution in [3.63, 3.8) is 0 Å². The summed E-state index contributed by atoms with van der Waals surface area (Å²) in [5, 5.41) is 4.57. The smallest absolute Gasteiger partial charge is 0.133 e. The molecule has 1 N–H and O–H groups in total. The van der Waals surface area contributed by atoms with Gasteiger partial charge in [-0.2, -0.15) is 0 Å². The lowest BCUT2D eigenvalue weighted by atomic mass is 10.1. The Morgan fingerprint density at radius 2 is 2.35 bits per heavy atom. The Hall–Kier alpha value is -1.13. The van der Waals surface area contributed by atoms with Gasteiger partial charge in [0.15, 0.2) is 0 Å². The van der Waals surface area contributed by atoms with Crippen LogP contribution < -0.4 is 10.1 Å². The van der Waals surface area contributed by atoms with E-state index in [0.29, 0.717) is 6.04 Å². The molecular formula is C16H19BrN2O. The van der Waals surface area contributed by atoms with Crippen LogP contribution in [0.4, 0.5) is 0 Å². The minimum atomic E-state index is 0.482. The van der Waals surface area contributed by atoms with Crippen molar-refractivity contribution in [2.45, 2.75) is 32.2 Å². The molecule has 2 aromatic rings. The summed E-state index contributed by atoms with van der Waals surface area (Å²) in [6, 6.07) is 6.62. The van der Waals surface area contributed by atoms with Gasteiger partial charge in [-0.1, -0.05) is 22.9 Å². The minimum absolute atomic E-state index is 0.482. The quantitative estimate of drug-likeness (QED) is 0.925. The third-order valence-corrected chi connectivity index (χ3v) is 4.32. The van der Waals surface area contributed by atoms with Gasteiger partial charge in [0.2, 0.25) is 0 Å². The monoisotopic (exact) mass is 334 g/mol. The van der Waals surface area contributed by atoms with Crippen molar-refractivity contribution in [3.05, 3.63) is 34.4 Å². The summed E-state index contributed by atoms with van der Waals surface area (Å²) in [6.07, 6.45) is 5.32. The van der Waals surface area contributed by atoms with Crippen molar-refractivity contribution in [1.82, 2.24) is 10.3 Å². The van der Waals surface area contributed by atoms with Crippen LogP contribution in [0.25, 0.3) is 10.9 Å². The summed E-state index contributed by atoms with van der Waals surface area (Å²) >= 11 is 3.53. The lowest BCUT2D eigenvalue weighted by Gasteiger charge is -2.16. The second-order valence-corrected chi connectivity index (χ2v) is 6.15. The van der Waals surface area contributed by atoms with Gasteiger partial charge in [-0.05, 0) is 44.0 Å². The molecule has 20 heavy (non-hydrogen) atoms. The van der Waals surface area contributed by atoms with Gasteiger partial charge in [0, 0.05) is 27.7 Å². The molecule has 1 aromatic carbocycles. The molecule has 4 heteroatoms. The molecule has 1 atom stereocenters. The van der Waals surface area contributed by atoms with Crippen LogP contribution in [0.3, 0.4) is 0 Å². The molecule has 106 valence electrons. The van der Waals surface area contributed by atoms with Crippen LogP contribution in [0.5, 0.6) is 5.75 Å². The van der Waals surface area contributed by atoms with Crippen molar-refractivity contribution in [2.75, 3.05) is 13.2 Å². The number of hydrogen-bond acceptors (Lipinski definition) is 3. The summed E-state index contributed by atoms with van der Waals surface area (Å²) in [5.41, 5.74) is 2.16. The van der Waals surface area contributed by atoms with Gasteiger partial charge in [-0.3, -0.25) is 4.98 Å². The Morgan fingerprint density at radius 1 is 1.45 bits per heavy atom. The number of hydrogen-bond donors (Lipinski definition) is 1. The highest BCUT2D eigenvalue weighted by atomic mass is 79.9. The van der Waals surface area contributed by atoms with Gasteiger partial charge >= 0.3 is 0 Å². The van der Waals surface area contributed by atoms with Crippen LogP contribution in [-0.4, -0.2) is 24.2 Å². The van der Waals surface area contributed by atoms with Gasteiger partial charge < -0.3 is 10.1 Å². The third kappa shape index (κ3) is 2.81. The van der Waals surface area contributed by atoms with Gasteiger partial charge in [0.05, 0.1) is 5.52 Å². The number of fused-ring (bicyclic) bond motifs is 1. The standard InChI is InChI=1S/C16H19BrN2O/c1-2-11-9-19-15-6-5-12(17)8-14(15)16(11)20-10-13-4-3-7-18-13/h5-6,8-9,13,18H,2-4,7,10H2,1H3. The molecule has 3 nitrogen and oxygen atoms in total. The molecule has 1 aliphatic heterocycles. The zero-order chi connectivity index (χ0) is 13.9. The molecule has 0 amide bonds. The molecule has 1 saturated heterocycles. The van der Waals surface area contributed by atoms with Crippen molar-refractivity contribution < 1.29 is 4.74 Å². The summed E-state index contributed by atoms with van der Waals surface area (Å²) < 4.78 is 7.22. The number of pyridine rings is 1. The van der Waals surface area contributed by atoms with Crippen molar-refractivity contribution in [1.29, 1.82) is 0 Å². The highest BCUT2D eigenvalue weighted by Crippen LogP contribution is 2.31. The first kappa shape index (κ1) is 13.8. The van der Waals surface area contributed by atoms with Gasteiger partial charge in [-0.25, -0.2) is 0 Å². The van der Waals surface area contributed by atoms with E-state index < -0.39 is 0 Å². The SMILES string of the molecule is CCc1cnc2ccc(Br)cc2c1OCC1CCCN1. The Morgan fingerprint density at radius 3 is 3.10 bits per heavy atom. The molecule has 1 aliphatic rings. The Balaban J connectivity index is 1.94. The number of ether oxygens (including phenoxy) is 1. The van der Waals surface area contributed by atoms with Crippen LogP contribution in [0.2, 0.25) is 0 Å². The lowest BCUT2D eigenvalue weighted by molar-refractivity contribution is 0.278. The van der Waals surface area contributed by atoms with Gasteiger partial charge in [-0.15, -0.1) is 0 Å². The Labute approximate surface area is 127 Å². The number of benzene rings is 1. The number of halogens is 1. The molecule has 1 fully saturated rings. The summed E-state index contributed by atoms with van der Waals surface area (Å²) in [6.45, 7) is 3.98. The highest BCUT2D eigenvalue weighted by Gasteiger charge is 2.16. The summed E-state index contributed by atoms with van der Waals surface area (Å²) in [4.78, 5) is 4.52. The van der Waals surface area contributed by atoms with E-state index in [-0.39, 0.29) is 0 Å². The van der Waals surface area contributed by atoms with E-state index in [0.717, 1.165) is 40.7 Å². The molecular weight excluding hydrogens is 316 g/mol. The average molecular weight is 335 g/mol. The van der Waals surface area contributed by atoms with Crippen molar-refractivity contribution >= 4 is 26.8 Å². The van der Waals surface area contributed by atoms with E-state index in [4.69, 9.17) is 4.74 Å². The second-order valence-electron chi connectivity index (χ2n) is 5.23. The first-order chi connectivity index (χ1) is 9.78. The highest BCUT2D eigenvalue weighted by molar-refractivity contribution is 9.10. The van der Waals surface area contributed by atoms with Gasteiger partial charge in [0.25, 0.3) is 0 Å². The molecule has 0 radical (unpaired) electrons. The van der Waals surface area contributed by atoms with Crippen molar-refractivity contribution in [3.8, 4) is 5.75 Å². The van der Waals surface area contributed by atoms with Crippen molar-refractivity contribution in [2.24, 2.45) is 0 Å². The fourth-order valence-electron chi connectivity index (χ4n) is 2.69. The maximum atomic E-state index is 6.16. The Bertz CT molecular complexity index is 609. The number of rotatable bonds is 4. The van der Waals surface area contributed by atoms with Gasteiger partial charge in [0.1, 0.15) is 12.4 Å².